The maximum Gasteiger partial charge on any atom is 0.303 e. The van der Waals surface area contributed by atoms with Crippen LogP contribution in [-0.4, -0.2) is 18.0 Å². The number of nitrogens with one attached hydrogen (secondary N) is 3. The minimum Gasteiger partial charge on any atom is -0.313 e. The molecule has 0 spiro atoms. The third-order valence-electron chi connectivity index (χ3n) is 2.93. The lowest BCUT2D eigenvalue weighted by Crippen LogP contribution is -2.46. The topological polar surface area (TPSA) is 96.3 Å². The summed E-state index contributed by atoms with van der Waals surface area (Å²) >= 11 is 0. The van der Waals surface area contributed by atoms with Gasteiger partial charge in [-0.05, 0) is 17.5 Å². The molecule has 0 radical (unpaired) electrons. The zero-order valence-electron chi connectivity index (χ0n) is 10.8. The van der Waals surface area contributed by atoms with Gasteiger partial charge >= 0.3 is 7.59 Å². The molecule has 1 saturated heterocycles. The molecule has 0 saturated carbocycles. The Bertz CT molecular complexity index is 515. The summed E-state index contributed by atoms with van der Waals surface area (Å²) in [5.74, 6) is 0. The molecule has 0 aromatic heterocycles. The summed E-state index contributed by atoms with van der Waals surface area (Å²) in [6.07, 6.45) is 0. The molecule has 1 aromatic rings. The summed E-state index contributed by atoms with van der Waals surface area (Å²) < 4.78 is 12.4. The fourth-order valence-electron chi connectivity index (χ4n) is 1.69. The Labute approximate surface area is 111 Å². The van der Waals surface area contributed by atoms with Crippen LogP contribution in [0.1, 0.15) is 13.8 Å². The van der Waals surface area contributed by atoms with Gasteiger partial charge in [0.1, 0.15) is 0 Å². The second-order valence-corrected chi connectivity index (χ2v) is 7.43. The number of nitrogens with zero attached hydrogens (tertiary/aromatic N) is 1. The number of non-ortho nitro benzene ring substituents is 1. The standard InChI is InChI=1S/C11H17N4O3P/c1-11(2)7-12-19(18,13-8-11)14-9-3-5-10(6-4-9)15(16)17/h3-6H,7-8H2,1-2H3,(H3,12,13,14,18). The number of nitro groups is 1. The van der Waals surface area contributed by atoms with Crippen molar-refractivity contribution in [3.8, 4) is 0 Å². The molecule has 19 heavy (non-hydrogen) atoms. The van der Waals surface area contributed by atoms with Gasteiger partial charge in [-0.3, -0.25) is 14.7 Å². The molecule has 3 N–H and O–H groups in total. The summed E-state index contributed by atoms with van der Waals surface area (Å²) in [6.45, 7) is 5.42. The van der Waals surface area contributed by atoms with Crippen LogP contribution in [0, 0.1) is 15.5 Å². The highest BCUT2D eigenvalue weighted by atomic mass is 31.2. The van der Waals surface area contributed by atoms with Gasteiger partial charge in [-0.25, -0.2) is 10.2 Å². The third kappa shape index (κ3) is 3.53. The van der Waals surface area contributed by atoms with Gasteiger partial charge in [0.05, 0.1) is 4.92 Å². The smallest absolute Gasteiger partial charge is 0.303 e. The van der Waals surface area contributed by atoms with Crippen molar-refractivity contribution in [2.45, 2.75) is 13.8 Å². The molecule has 8 heteroatoms. The number of benzene rings is 1. The van der Waals surface area contributed by atoms with Gasteiger partial charge in [0, 0.05) is 30.9 Å². The van der Waals surface area contributed by atoms with Crippen LogP contribution >= 0.6 is 7.59 Å². The first-order valence-corrected chi connectivity index (χ1v) is 7.63. The van der Waals surface area contributed by atoms with Crippen molar-refractivity contribution in [2.75, 3.05) is 18.2 Å². The molecule has 0 aliphatic carbocycles. The van der Waals surface area contributed by atoms with Gasteiger partial charge in [0.2, 0.25) is 0 Å². The Morgan fingerprint density at radius 1 is 1.26 bits per heavy atom. The fraction of sp³-hybridized carbons (Fsp3) is 0.455. The van der Waals surface area contributed by atoms with Gasteiger partial charge in [0.25, 0.3) is 5.69 Å². The lowest BCUT2D eigenvalue weighted by Gasteiger charge is -2.36. The van der Waals surface area contributed by atoms with Crippen LogP contribution in [-0.2, 0) is 4.57 Å². The average Bonchev–Trinajstić information content (AvgIpc) is 2.34. The van der Waals surface area contributed by atoms with E-state index in [9.17, 15) is 14.7 Å². The van der Waals surface area contributed by atoms with Crippen molar-refractivity contribution >= 4 is 19.0 Å². The van der Waals surface area contributed by atoms with Crippen molar-refractivity contribution in [3.63, 3.8) is 0 Å². The van der Waals surface area contributed by atoms with E-state index in [1.165, 1.54) is 12.1 Å². The molecule has 0 amide bonds. The normalized spacial score (nSPS) is 20.7. The SMILES string of the molecule is CC1(C)CNP(=O)(Nc2ccc([N+](=O)[O-])cc2)NC1. The first-order chi connectivity index (χ1) is 8.80. The predicted molar refractivity (Wildman–Crippen MR) is 74.1 cm³/mol. The van der Waals surface area contributed by atoms with Crippen LogP contribution in [0.4, 0.5) is 11.4 Å². The molecule has 0 bridgehead atoms. The van der Waals surface area contributed by atoms with Gasteiger partial charge in [0.15, 0.2) is 0 Å². The fourth-order valence-corrected chi connectivity index (χ4v) is 3.77. The lowest BCUT2D eigenvalue weighted by atomic mass is 9.94. The largest absolute Gasteiger partial charge is 0.313 e. The summed E-state index contributed by atoms with van der Waals surface area (Å²) in [4.78, 5) is 10.1. The first kappa shape index (κ1) is 14.0. The van der Waals surface area contributed by atoms with Crippen LogP contribution in [0.3, 0.4) is 0 Å². The van der Waals surface area contributed by atoms with Crippen LogP contribution in [0.2, 0.25) is 0 Å². The zero-order valence-corrected chi connectivity index (χ0v) is 11.7. The van der Waals surface area contributed by atoms with Crippen LogP contribution < -0.4 is 15.3 Å². The van der Waals surface area contributed by atoms with Crippen LogP contribution in [0.25, 0.3) is 0 Å². The Balaban J connectivity index is 2.05. The average molecular weight is 284 g/mol. The molecule has 1 aliphatic rings. The van der Waals surface area contributed by atoms with E-state index in [4.69, 9.17) is 0 Å². The molecule has 1 fully saturated rings. The lowest BCUT2D eigenvalue weighted by molar-refractivity contribution is -0.384. The highest BCUT2D eigenvalue weighted by Crippen LogP contribution is 2.41. The van der Waals surface area contributed by atoms with Gasteiger partial charge in [-0.2, -0.15) is 0 Å². The Kier molecular flexibility index (Phi) is 3.62. The minimum absolute atomic E-state index is 0.00882. The van der Waals surface area contributed by atoms with Crippen LogP contribution in [0.15, 0.2) is 24.3 Å². The van der Waals surface area contributed by atoms with E-state index < -0.39 is 12.5 Å². The molecule has 0 unspecified atom stereocenters. The molecule has 1 heterocycles. The minimum atomic E-state index is -2.87. The molecular formula is C11H17N4O3P. The van der Waals surface area contributed by atoms with E-state index in [2.05, 4.69) is 29.1 Å². The molecule has 0 atom stereocenters. The summed E-state index contributed by atoms with van der Waals surface area (Å²) in [7, 11) is -2.87. The molecule has 1 aliphatic heterocycles. The zero-order chi connectivity index (χ0) is 14.1. The van der Waals surface area contributed by atoms with Crippen molar-refractivity contribution < 1.29 is 9.49 Å². The van der Waals surface area contributed by atoms with Gasteiger partial charge < -0.3 is 5.09 Å². The molecule has 2 rings (SSSR count). The number of hydrogen-bond acceptors (Lipinski definition) is 3. The monoisotopic (exact) mass is 284 g/mol. The Morgan fingerprint density at radius 3 is 2.26 bits per heavy atom. The van der Waals surface area contributed by atoms with E-state index in [0.29, 0.717) is 18.8 Å². The Morgan fingerprint density at radius 2 is 1.79 bits per heavy atom. The molecular weight excluding hydrogens is 267 g/mol. The second-order valence-electron chi connectivity index (χ2n) is 5.36. The summed E-state index contributed by atoms with van der Waals surface area (Å²) in [5.41, 5.74) is 0.633. The number of rotatable bonds is 3. The van der Waals surface area contributed by atoms with Gasteiger partial charge in [-0.1, -0.05) is 13.8 Å². The van der Waals surface area contributed by atoms with E-state index >= 15 is 0 Å². The van der Waals surface area contributed by atoms with Crippen LogP contribution in [0.5, 0.6) is 0 Å². The summed E-state index contributed by atoms with van der Waals surface area (Å²) in [5, 5.41) is 19.4. The van der Waals surface area contributed by atoms with Gasteiger partial charge in [-0.15, -0.1) is 0 Å². The number of hydrogen-bond donors (Lipinski definition) is 3. The van der Waals surface area contributed by atoms with Crippen molar-refractivity contribution in [3.05, 3.63) is 34.4 Å². The van der Waals surface area contributed by atoms with E-state index in [1.807, 2.05) is 0 Å². The predicted octanol–water partition coefficient (Wildman–Crippen LogP) is 2.33. The highest BCUT2D eigenvalue weighted by molar-refractivity contribution is 7.61. The molecule has 7 nitrogen and oxygen atoms in total. The summed E-state index contributed by atoms with van der Waals surface area (Å²) in [6, 6.07) is 5.84. The maximum atomic E-state index is 12.4. The van der Waals surface area contributed by atoms with Crippen molar-refractivity contribution in [1.82, 2.24) is 10.2 Å². The quantitative estimate of drug-likeness (QED) is 0.448. The first-order valence-electron chi connectivity index (χ1n) is 5.93. The Hall–Kier alpha value is -1.43. The van der Waals surface area contributed by atoms with E-state index in [0.717, 1.165) is 0 Å². The second kappa shape index (κ2) is 4.92. The van der Waals surface area contributed by atoms with E-state index in [-0.39, 0.29) is 11.1 Å². The molecule has 1 aromatic carbocycles. The van der Waals surface area contributed by atoms with Crippen molar-refractivity contribution in [2.24, 2.45) is 5.41 Å². The third-order valence-corrected chi connectivity index (χ3v) is 4.71. The highest BCUT2D eigenvalue weighted by Gasteiger charge is 2.33. The maximum absolute atomic E-state index is 12.4. The number of nitro benzene ring substituents is 1. The van der Waals surface area contributed by atoms with E-state index in [1.54, 1.807) is 12.1 Å². The van der Waals surface area contributed by atoms with Crippen molar-refractivity contribution in [1.29, 1.82) is 0 Å². The number of anilines is 1. The molecule has 104 valence electrons.